The third-order valence-corrected chi connectivity index (χ3v) is 14.9. The van der Waals surface area contributed by atoms with E-state index in [-0.39, 0.29) is 0 Å². The average molecular weight is 827 g/mol. The van der Waals surface area contributed by atoms with Crippen LogP contribution in [0, 0.1) is 0 Å². The summed E-state index contributed by atoms with van der Waals surface area (Å²) in [7, 11) is 0. The Morgan fingerprint density at radius 1 is 0.292 bits per heavy atom. The van der Waals surface area contributed by atoms with E-state index in [1.807, 2.05) is 12.1 Å². The maximum atomic E-state index is 6.70. The van der Waals surface area contributed by atoms with Crippen LogP contribution in [0.3, 0.4) is 0 Å². The Morgan fingerprint density at radius 3 is 1.18 bits per heavy atom. The van der Waals surface area contributed by atoms with Crippen molar-refractivity contribution < 1.29 is 8.83 Å². The third-order valence-electron chi connectivity index (χ3n) is 14.9. The quantitative estimate of drug-likeness (QED) is 0.174. The summed E-state index contributed by atoms with van der Waals surface area (Å²) in [6.45, 7) is 0. The van der Waals surface area contributed by atoms with Crippen LogP contribution < -0.4 is 0 Å². The Kier molecular flexibility index (Phi) is 6.21. The van der Waals surface area contributed by atoms with Gasteiger partial charge < -0.3 is 18.0 Å². The van der Waals surface area contributed by atoms with Crippen LogP contribution >= 0.6 is 0 Å². The van der Waals surface area contributed by atoms with Gasteiger partial charge in [0.1, 0.15) is 22.3 Å². The van der Waals surface area contributed by atoms with E-state index in [0.717, 1.165) is 88.1 Å². The minimum Gasteiger partial charge on any atom is -0.455 e. The maximum absolute atomic E-state index is 6.70. The molecule has 4 aromatic heterocycles. The Morgan fingerprint density at radius 2 is 0.692 bits per heavy atom. The zero-order chi connectivity index (χ0) is 42.1. The first-order chi connectivity index (χ1) is 32.3. The monoisotopic (exact) mass is 826 g/mol. The van der Waals surface area contributed by atoms with Gasteiger partial charge in [0.05, 0.1) is 38.3 Å². The molecule has 300 valence electrons. The van der Waals surface area contributed by atoms with Crippen LogP contribution in [0.1, 0.15) is 22.3 Å². The maximum Gasteiger partial charge on any atom is 0.145 e. The lowest BCUT2D eigenvalue weighted by Crippen LogP contribution is -2.26. The molecule has 14 aromatic rings. The number of furan rings is 2. The molecular formula is C61H34N2O2. The van der Waals surface area contributed by atoms with Crippen LogP contribution in [0.5, 0.6) is 0 Å². The predicted molar refractivity (Wildman–Crippen MR) is 266 cm³/mol. The van der Waals surface area contributed by atoms with Crippen LogP contribution in [0.15, 0.2) is 215 Å². The molecular weight excluding hydrogens is 793 g/mol. The molecule has 4 heteroatoms. The number of nitrogens with zero attached hydrogens (tertiary/aromatic N) is 2. The first-order valence-electron chi connectivity index (χ1n) is 22.4. The molecule has 1 spiro atoms. The standard InChI is InChI=1S/C61H34N2O2/c1-7-19-47-37(13-1)38-14-2-8-20-48(38)61(47)49-33-35(62-51-21-9-3-17-45(51)57-53(62)31-29-43-41-15-5-11-23-55(41)64-59(43)57)25-27-39(49)40-28-26-36(34-50(40)61)63-52-22-10-4-18-46(52)58-54(63)32-30-44-42-16-6-12-24-56(42)65-60(44)58/h1-34H. The minimum atomic E-state index is -0.570. The van der Waals surface area contributed by atoms with Crippen molar-refractivity contribution in [2.75, 3.05) is 0 Å². The summed E-state index contributed by atoms with van der Waals surface area (Å²) < 4.78 is 18.3. The SMILES string of the molecule is c1ccc2c(c1)-c1ccccc1C21c2cc(-n3c4ccccc4c4c5oc6ccccc6c5ccc43)ccc2-c2ccc(-n3c4ccccc4c4c5oc6ccccc6c5ccc43)cc21. The second kappa shape index (κ2) is 11.9. The summed E-state index contributed by atoms with van der Waals surface area (Å²) in [6, 6.07) is 75.9. The molecule has 0 amide bonds. The number of hydrogen-bond acceptors (Lipinski definition) is 2. The van der Waals surface area contributed by atoms with Crippen LogP contribution in [0.4, 0.5) is 0 Å². The largest absolute Gasteiger partial charge is 0.455 e. The van der Waals surface area contributed by atoms with Crippen LogP contribution in [0.2, 0.25) is 0 Å². The summed E-state index contributed by atoms with van der Waals surface area (Å²) in [4.78, 5) is 0. The molecule has 0 atom stereocenters. The minimum absolute atomic E-state index is 0.570. The molecule has 0 aliphatic heterocycles. The zero-order valence-electron chi connectivity index (χ0n) is 34.8. The smallest absolute Gasteiger partial charge is 0.145 e. The number of hydrogen-bond donors (Lipinski definition) is 0. The Balaban J connectivity index is 0.987. The molecule has 0 N–H and O–H groups in total. The summed E-state index contributed by atoms with van der Waals surface area (Å²) >= 11 is 0. The van der Waals surface area contributed by atoms with Crippen molar-refractivity contribution in [2.45, 2.75) is 5.41 Å². The molecule has 0 fully saturated rings. The van der Waals surface area contributed by atoms with E-state index in [0.29, 0.717) is 0 Å². The Bertz CT molecular complexity index is 4150. The summed E-state index contributed by atoms with van der Waals surface area (Å²) in [5, 5.41) is 9.19. The molecule has 2 aliphatic carbocycles. The second-order valence-corrected chi connectivity index (χ2v) is 17.9. The lowest BCUT2D eigenvalue weighted by atomic mass is 9.70. The van der Waals surface area contributed by atoms with E-state index >= 15 is 0 Å². The van der Waals surface area contributed by atoms with Gasteiger partial charge in [0.2, 0.25) is 0 Å². The van der Waals surface area contributed by atoms with Crippen LogP contribution in [0.25, 0.3) is 121 Å². The topological polar surface area (TPSA) is 36.1 Å². The number of aromatic nitrogens is 2. The van der Waals surface area contributed by atoms with Crippen molar-refractivity contribution in [3.63, 3.8) is 0 Å². The molecule has 10 aromatic carbocycles. The fourth-order valence-electron chi connectivity index (χ4n) is 12.4. The van der Waals surface area contributed by atoms with Gasteiger partial charge in [0.25, 0.3) is 0 Å². The van der Waals surface area contributed by atoms with Gasteiger partial charge >= 0.3 is 0 Å². The van der Waals surface area contributed by atoms with E-state index < -0.39 is 5.41 Å². The molecule has 0 radical (unpaired) electrons. The number of benzene rings is 10. The van der Waals surface area contributed by atoms with E-state index in [4.69, 9.17) is 8.83 Å². The van der Waals surface area contributed by atoms with Gasteiger partial charge in [-0.2, -0.15) is 0 Å². The van der Waals surface area contributed by atoms with Gasteiger partial charge in [-0.25, -0.2) is 0 Å². The van der Waals surface area contributed by atoms with E-state index in [1.54, 1.807) is 0 Å². The highest BCUT2D eigenvalue weighted by atomic mass is 16.3. The van der Waals surface area contributed by atoms with Gasteiger partial charge in [-0.1, -0.05) is 133 Å². The molecule has 0 saturated carbocycles. The van der Waals surface area contributed by atoms with E-state index in [9.17, 15) is 0 Å². The number of fused-ring (bicyclic) bond motifs is 24. The van der Waals surface area contributed by atoms with Gasteiger partial charge in [0, 0.05) is 43.7 Å². The third kappa shape index (κ3) is 4.05. The molecule has 4 nitrogen and oxygen atoms in total. The fraction of sp³-hybridized carbons (Fsp3) is 0.0164. The fourth-order valence-corrected chi connectivity index (χ4v) is 12.4. The molecule has 65 heavy (non-hydrogen) atoms. The molecule has 16 rings (SSSR count). The Labute approximate surface area is 371 Å². The zero-order valence-corrected chi connectivity index (χ0v) is 34.8. The molecule has 0 bridgehead atoms. The van der Waals surface area contributed by atoms with Crippen molar-refractivity contribution in [2.24, 2.45) is 0 Å². The highest BCUT2D eigenvalue weighted by Gasteiger charge is 2.52. The van der Waals surface area contributed by atoms with E-state index in [2.05, 4.69) is 203 Å². The first-order valence-corrected chi connectivity index (χ1v) is 22.4. The van der Waals surface area contributed by atoms with Crippen molar-refractivity contribution in [3.05, 3.63) is 229 Å². The van der Waals surface area contributed by atoms with E-state index in [1.165, 1.54) is 55.3 Å². The van der Waals surface area contributed by atoms with Crippen molar-refractivity contribution >= 4 is 87.5 Å². The van der Waals surface area contributed by atoms with Gasteiger partial charge in [-0.3, -0.25) is 0 Å². The van der Waals surface area contributed by atoms with Crippen molar-refractivity contribution in [1.29, 1.82) is 0 Å². The number of para-hydroxylation sites is 4. The van der Waals surface area contributed by atoms with Crippen LogP contribution in [-0.4, -0.2) is 9.13 Å². The lowest BCUT2D eigenvalue weighted by Gasteiger charge is -2.31. The van der Waals surface area contributed by atoms with Gasteiger partial charge in [-0.15, -0.1) is 0 Å². The number of rotatable bonds is 2. The second-order valence-electron chi connectivity index (χ2n) is 17.9. The van der Waals surface area contributed by atoms with Gasteiger partial charge in [0.15, 0.2) is 0 Å². The molecule has 2 aliphatic rings. The summed E-state index contributed by atoms with van der Waals surface area (Å²) in [6.07, 6.45) is 0. The normalized spacial score (nSPS) is 13.7. The average Bonchev–Trinajstić information content (AvgIpc) is 4.20. The van der Waals surface area contributed by atoms with Crippen molar-refractivity contribution in [3.8, 4) is 33.6 Å². The van der Waals surface area contributed by atoms with Crippen LogP contribution in [-0.2, 0) is 5.41 Å². The van der Waals surface area contributed by atoms with Gasteiger partial charge in [-0.05, 0) is 117 Å². The van der Waals surface area contributed by atoms with Crippen molar-refractivity contribution in [1.82, 2.24) is 9.13 Å². The molecule has 4 heterocycles. The Hall–Kier alpha value is -8.60. The molecule has 0 unspecified atom stereocenters. The summed E-state index contributed by atoms with van der Waals surface area (Å²) in [5.41, 5.74) is 20.2. The molecule has 0 saturated heterocycles. The summed E-state index contributed by atoms with van der Waals surface area (Å²) in [5.74, 6) is 0. The predicted octanol–water partition coefficient (Wildman–Crippen LogP) is 16.0. The highest BCUT2D eigenvalue weighted by Crippen LogP contribution is 2.63. The highest BCUT2D eigenvalue weighted by molar-refractivity contribution is 6.25. The lowest BCUT2D eigenvalue weighted by molar-refractivity contribution is 0.672. The first kappa shape index (κ1) is 34.0.